The molecule has 0 amide bonds. The Morgan fingerprint density at radius 1 is 0.404 bits per heavy atom. The van der Waals surface area contributed by atoms with Crippen LogP contribution in [0, 0.1) is 0 Å². The molecule has 0 saturated heterocycles. The van der Waals surface area contributed by atoms with E-state index in [-0.39, 0.29) is 147 Å². The molecule has 2 atom stereocenters. The second-order valence-corrected chi connectivity index (χ2v) is 11.4. The molecule has 0 saturated carbocycles. The van der Waals surface area contributed by atoms with E-state index in [1.807, 2.05) is 0 Å². The third-order valence-corrected chi connectivity index (χ3v) is 5.83. The molecular weight excluding hydrogens is 1070 g/mol. The summed E-state index contributed by atoms with van der Waals surface area (Å²) in [6.45, 7) is -9.42. The first kappa shape index (κ1) is 77.5. The predicted molar refractivity (Wildman–Crippen MR) is 152 cm³/mol. The zero-order chi connectivity index (χ0) is 39.6. The summed E-state index contributed by atoms with van der Waals surface area (Å²) in [6, 6.07) is 0. The van der Waals surface area contributed by atoms with E-state index in [9.17, 15) is 55.2 Å². The number of aliphatic carboxylic acids is 8. The molecule has 0 bridgehead atoms. The van der Waals surface area contributed by atoms with Gasteiger partial charge in [-0.3, -0.25) is 67.1 Å². The van der Waals surface area contributed by atoms with E-state index in [1.54, 1.807) is 0 Å². The van der Waals surface area contributed by atoms with Crippen molar-refractivity contribution in [2.75, 3.05) is 65.4 Å². The average Bonchev–Trinajstić information content (AvgIpc) is 2.83. The fourth-order valence-electron chi connectivity index (χ4n) is 3.49. The Bertz CT molecular complexity index is 1330. The van der Waals surface area contributed by atoms with Crippen LogP contribution in [-0.2, 0) is 153 Å². The zero-order valence-corrected chi connectivity index (χ0v) is 39.9. The van der Waals surface area contributed by atoms with Gasteiger partial charge in [0.2, 0.25) is 0 Å². The van der Waals surface area contributed by atoms with Crippen LogP contribution in [0.3, 0.4) is 0 Å². The van der Waals surface area contributed by atoms with Gasteiger partial charge >= 0.3 is 128 Å². The van der Waals surface area contributed by atoms with Crippen molar-refractivity contribution < 1.29 is 261 Å². The molecule has 0 aromatic rings. The molecular formula is C20H34Fe5N4Na2O24S2. The van der Waals surface area contributed by atoms with Gasteiger partial charge in [-0.15, -0.1) is 0 Å². The molecule has 0 aromatic heterocycles. The van der Waals surface area contributed by atoms with Gasteiger partial charge in [0.25, 0.3) is 0 Å². The summed E-state index contributed by atoms with van der Waals surface area (Å²) < 4.78 is 69.5. The number of carboxylic acids is 8. The smallest absolute Gasteiger partial charge is 1.00 e. The quantitative estimate of drug-likeness (QED) is 0.0218. The summed E-state index contributed by atoms with van der Waals surface area (Å²) in [6.07, 6.45) is -3.94. The third kappa shape index (κ3) is 48.5. The number of rotatable bonds is 26. The van der Waals surface area contributed by atoms with Crippen LogP contribution < -0.4 is 59.1 Å². The van der Waals surface area contributed by atoms with E-state index in [0.717, 1.165) is 0 Å². The second-order valence-electron chi connectivity index (χ2n) is 9.26. The van der Waals surface area contributed by atoms with E-state index in [4.69, 9.17) is 50.0 Å². The van der Waals surface area contributed by atoms with E-state index < -0.39 is 146 Å². The normalized spacial score (nSPS) is 11.3. The molecule has 0 aliphatic heterocycles. The molecule has 0 radical (unpaired) electrons. The van der Waals surface area contributed by atoms with Crippen LogP contribution in [-0.4, -0.2) is 212 Å². The van der Waals surface area contributed by atoms with Crippen molar-refractivity contribution in [1.29, 1.82) is 0 Å². The Balaban J connectivity index is -0.0000000753. The topological polar surface area (TPSA) is 439 Å². The van der Waals surface area contributed by atoms with Crippen LogP contribution in [0.1, 0.15) is 2.85 Å². The molecule has 0 aliphatic rings. The number of carboxylic acid groups (broad SMARTS) is 8. The van der Waals surface area contributed by atoms with Gasteiger partial charge in [-0.05, 0) is 0 Å². The van der Waals surface area contributed by atoms with Crippen LogP contribution in [0.15, 0.2) is 0 Å². The molecule has 2 unspecified atom stereocenters. The van der Waals surface area contributed by atoms with E-state index >= 15 is 0 Å². The summed E-state index contributed by atoms with van der Waals surface area (Å²) in [5.41, 5.74) is 0. The first-order chi connectivity index (χ1) is 22.6. The fraction of sp³-hybridized carbons (Fsp3) is 0.600. The summed E-state index contributed by atoms with van der Waals surface area (Å²) >= 11 is 0. The Kier molecular flexibility index (Phi) is 52.8. The van der Waals surface area contributed by atoms with Gasteiger partial charge < -0.3 is 43.7 Å². The van der Waals surface area contributed by atoms with Gasteiger partial charge in [0.15, 0.2) is 0 Å². The number of hydrogen-bond donors (Lipinski definition) is 10. The largest absolute Gasteiger partial charge is 1.00 e. The minimum absolute atomic E-state index is 0. The number of hydrogen-bond acceptors (Lipinski definition) is 18. The van der Waals surface area contributed by atoms with Gasteiger partial charge in [-0.1, -0.05) is 0 Å². The number of nitrogens with zero attached hydrogens (tertiary/aromatic N) is 4. The van der Waals surface area contributed by atoms with E-state index in [0.29, 0.717) is 19.6 Å². The Morgan fingerprint density at radius 2 is 0.561 bits per heavy atom. The van der Waals surface area contributed by atoms with Crippen LogP contribution in [0.25, 0.3) is 0 Å². The molecule has 0 aromatic carbocycles. The molecule has 0 spiro atoms. The molecule has 332 valence electrons. The average molecular weight is 1100 g/mol. The molecule has 0 aliphatic carbocycles. The van der Waals surface area contributed by atoms with E-state index in [1.165, 1.54) is 0 Å². The molecule has 28 nitrogen and oxygen atoms in total. The first-order valence-corrected chi connectivity index (χ1v) is 15.3. The fourth-order valence-corrected chi connectivity index (χ4v) is 4.41. The maximum Gasteiger partial charge on any atom is 1.00 e. The van der Waals surface area contributed by atoms with Crippen molar-refractivity contribution in [2.45, 2.75) is 12.5 Å². The minimum Gasteiger partial charge on any atom is -1.00 e. The third-order valence-electron chi connectivity index (χ3n) is 4.90. The van der Waals surface area contributed by atoms with Crippen molar-refractivity contribution in [1.82, 2.24) is 19.6 Å². The Hall–Kier alpha value is -0.0626. The van der Waals surface area contributed by atoms with Crippen LogP contribution in [0.2, 0.25) is 0 Å². The van der Waals surface area contributed by atoms with Crippen LogP contribution >= 0.6 is 0 Å². The first-order valence-electron chi connectivity index (χ1n) is 12.6. The minimum atomic E-state index is -5.19. The second kappa shape index (κ2) is 38.8. The maximum absolute atomic E-state index is 10.9. The standard InChI is InChI=1S/2C10H16N2O12S.5Fe.2Na.2H/c2*13-7(14)2-11(3-8(15)16)1-6(24-25(21,22)23)12(4-9(17)18)5-10(19)20;;;;;;;;;/h2*6H,1-5H2,(H,13,14)(H,15,16)(H,17,18)(H,19,20)(H,21,22,23);;;;;;;;;/q;;;;;;;2*+1;2*-1. The van der Waals surface area contributed by atoms with Crippen molar-refractivity contribution >= 4 is 68.6 Å². The Morgan fingerprint density at radius 3 is 0.684 bits per heavy atom. The molecule has 0 rings (SSSR count). The number of carbonyl (C=O) groups is 8. The van der Waals surface area contributed by atoms with Gasteiger partial charge in [0, 0.05) is 98.4 Å². The molecule has 57 heavy (non-hydrogen) atoms. The van der Waals surface area contributed by atoms with Crippen LogP contribution in [0.4, 0.5) is 0 Å². The van der Waals surface area contributed by atoms with Crippen molar-refractivity contribution in [2.24, 2.45) is 0 Å². The van der Waals surface area contributed by atoms with Crippen molar-refractivity contribution in [3.05, 3.63) is 0 Å². The monoisotopic (exact) mass is 1100 g/mol. The summed E-state index contributed by atoms with van der Waals surface area (Å²) in [7, 11) is -10.4. The SMILES string of the molecule is O=C(O)CN(CC(=O)O)CC(OS(=O)(=O)O)N(CC(=O)O)CC(=O)O.O=C(O)CN(CC(=O)O)CC(OS(=O)(=O)O)N(CC(=O)O)CC(=O)O.[Fe].[Fe].[Fe].[Fe].[Fe].[H-].[H-].[Na+].[Na+]. The summed E-state index contributed by atoms with van der Waals surface area (Å²) in [4.78, 5) is 88.4. The predicted octanol–water partition coefficient (Wildman–Crippen LogP) is -11.6. The molecule has 10 N–H and O–H groups in total. The van der Waals surface area contributed by atoms with Crippen molar-refractivity contribution in [3.8, 4) is 0 Å². The van der Waals surface area contributed by atoms with E-state index in [2.05, 4.69) is 8.37 Å². The van der Waals surface area contributed by atoms with Gasteiger partial charge in [-0.25, -0.2) is 8.37 Å². The summed E-state index contributed by atoms with van der Waals surface area (Å²) in [5.74, 6) is -12.3. The summed E-state index contributed by atoms with van der Waals surface area (Å²) in [5, 5.41) is 70.0. The van der Waals surface area contributed by atoms with Crippen LogP contribution in [0.5, 0.6) is 0 Å². The van der Waals surface area contributed by atoms with Gasteiger partial charge in [0.05, 0.1) is 52.4 Å². The maximum atomic E-state index is 10.9. The molecule has 37 heteroatoms. The zero-order valence-electron chi connectivity index (χ0n) is 30.8. The van der Waals surface area contributed by atoms with Gasteiger partial charge in [0.1, 0.15) is 12.5 Å². The Labute approximate surface area is 422 Å². The molecule has 0 fully saturated rings. The molecule has 0 heterocycles. The van der Waals surface area contributed by atoms with Gasteiger partial charge in [-0.2, -0.15) is 16.8 Å². The van der Waals surface area contributed by atoms with Crippen molar-refractivity contribution in [3.63, 3.8) is 0 Å².